The zero-order valence-electron chi connectivity index (χ0n) is 13.2. The molecular formula is C19H15N4O2+. The monoisotopic (exact) mass is 331 g/mol. The fourth-order valence-corrected chi connectivity index (χ4v) is 3.25. The highest BCUT2D eigenvalue weighted by molar-refractivity contribution is 5.72. The van der Waals surface area contributed by atoms with E-state index in [1.807, 2.05) is 36.4 Å². The van der Waals surface area contributed by atoms with Gasteiger partial charge in [0.15, 0.2) is 5.56 Å². The number of nitrogen functional groups attached to an aromatic ring is 2. The topological polar surface area (TPSA) is 119 Å². The van der Waals surface area contributed by atoms with Gasteiger partial charge < -0.3 is 15.6 Å². The van der Waals surface area contributed by atoms with E-state index < -0.39 is 0 Å². The maximum Gasteiger partial charge on any atom is 0.294 e. The van der Waals surface area contributed by atoms with Crippen LogP contribution in [-0.4, -0.2) is 5.11 Å². The van der Waals surface area contributed by atoms with Crippen LogP contribution in [0.3, 0.4) is 0 Å². The van der Waals surface area contributed by atoms with Gasteiger partial charge in [-0.1, -0.05) is 36.4 Å². The lowest BCUT2D eigenvalue weighted by atomic mass is 9.82. The number of ether oxygens (including phenoxy) is 1. The Bertz CT molecular complexity index is 1030. The fourth-order valence-electron chi connectivity index (χ4n) is 3.25. The first-order valence-corrected chi connectivity index (χ1v) is 7.70. The first kappa shape index (κ1) is 14.8. The number of H-pyrrole nitrogens is 1. The largest absolute Gasteiger partial charge is 0.508 e. The number of nitrogens with one attached hydrogen (secondary N) is 1. The molecule has 1 aliphatic rings. The number of rotatable bonds is 1. The van der Waals surface area contributed by atoms with Crippen molar-refractivity contribution in [2.24, 2.45) is 0 Å². The van der Waals surface area contributed by atoms with Crippen molar-refractivity contribution in [3.05, 3.63) is 70.8 Å². The van der Waals surface area contributed by atoms with Crippen molar-refractivity contribution in [1.29, 1.82) is 5.26 Å². The van der Waals surface area contributed by atoms with Crippen molar-refractivity contribution in [2.45, 2.75) is 5.92 Å². The Hall–Kier alpha value is -3.72. The van der Waals surface area contributed by atoms with E-state index in [9.17, 15) is 10.4 Å². The van der Waals surface area contributed by atoms with Crippen molar-refractivity contribution in [1.82, 2.24) is 0 Å². The molecule has 3 aromatic rings. The van der Waals surface area contributed by atoms with E-state index in [1.54, 1.807) is 18.2 Å². The summed E-state index contributed by atoms with van der Waals surface area (Å²) in [6.07, 6.45) is 0. The predicted octanol–water partition coefficient (Wildman–Crippen LogP) is 2.53. The third-order valence-electron chi connectivity index (χ3n) is 4.38. The minimum absolute atomic E-state index is 0.101. The Kier molecular flexibility index (Phi) is 3.22. The van der Waals surface area contributed by atoms with Crippen LogP contribution in [0.4, 0.5) is 11.5 Å². The van der Waals surface area contributed by atoms with Crippen LogP contribution < -0.4 is 21.2 Å². The summed E-state index contributed by atoms with van der Waals surface area (Å²) in [6, 6.07) is 16.8. The summed E-state index contributed by atoms with van der Waals surface area (Å²) in [6.45, 7) is 0. The molecule has 0 amide bonds. The number of nitriles is 1. The minimum Gasteiger partial charge on any atom is -0.508 e. The van der Waals surface area contributed by atoms with Crippen LogP contribution in [0.15, 0.2) is 48.5 Å². The van der Waals surface area contributed by atoms with Gasteiger partial charge in [0, 0.05) is 17.5 Å². The van der Waals surface area contributed by atoms with E-state index in [4.69, 9.17) is 16.2 Å². The van der Waals surface area contributed by atoms with Crippen molar-refractivity contribution < 1.29 is 14.8 Å². The number of aromatic hydroxyl groups is 1. The molecule has 1 aliphatic heterocycles. The zero-order chi connectivity index (χ0) is 17.6. The molecule has 0 radical (unpaired) electrons. The van der Waals surface area contributed by atoms with Gasteiger partial charge in [-0.05, 0) is 11.6 Å². The second kappa shape index (κ2) is 5.42. The maximum atomic E-state index is 9.80. The third kappa shape index (κ3) is 2.22. The smallest absolute Gasteiger partial charge is 0.294 e. The number of phenols is 1. The minimum atomic E-state index is -0.246. The summed E-state index contributed by atoms with van der Waals surface area (Å²) >= 11 is 0. The molecule has 0 spiro atoms. The fraction of sp³-hybridized carbons (Fsp3) is 0.0526. The van der Waals surface area contributed by atoms with Crippen molar-refractivity contribution >= 4 is 11.5 Å². The van der Waals surface area contributed by atoms with Gasteiger partial charge in [0.25, 0.3) is 11.7 Å². The van der Waals surface area contributed by atoms with Gasteiger partial charge in [-0.2, -0.15) is 5.26 Å². The lowest BCUT2D eigenvalue weighted by Crippen LogP contribution is -2.24. The van der Waals surface area contributed by atoms with Crippen LogP contribution in [0.25, 0.3) is 0 Å². The SMILES string of the molecule is N#Cc1c(N)[nH+]c2c(c1N)[C@@H](c1ccccc1)c1ccc(O)cc1O2. The molecule has 1 atom stereocenters. The molecule has 0 unspecified atom stereocenters. The number of fused-ring (bicyclic) bond motifs is 2. The quantitative estimate of drug-likeness (QED) is 0.495. The van der Waals surface area contributed by atoms with Crippen LogP contribution in [0, 0.1) is 11.3 Å². The molecule has 25 heavy (non-hydrogen) atoms. The van der Waals surface area contributed by atoms with E-state index in [0.717, 1.165) is 11.1 Å². The first-order valence-electron chi connectivity index (χ1n) is 7.70. The number of hydrogen-bond donors (Lipinski definition) is 3. The van der Waals surface area contributed by atoms with Gasteiger partial charge in [0.1, 0.15) is 17.6 Å². The van der Waals surface area contributed by atoms with Gasteiger partial charge in [0.2, 0.25) is 0 Å². The number of aromatic nitrogens is 1. The Labute approximate surface area is 143 Å². The second-order valence-corrected chi connectivity index (χ2v) is 5.85. The summed E-state index contributed by atoms with van der Waals surface area (Å²) in [4.78, 5) is 2.92. The molecule has 2 heterocycles. The summed E-state index contributed by atoms with van der Waals surface area (Å²) < 4.78 is 5.89. The number of phenolic OH excluding ortho intramolecular Hbond substituents is 1. The van der Waals surface area contributed by atoms with Crippen molar-refractivity contribution in [3.8, 4) is 23.4 Å². The summed E-state index contributed by atoms with van der Waals surface area (Å²) in [5.41, 5.74) is 15.2. The Morgan fingerprint density at radius 3 is 2.60 bits per heavy atom. The van der Waals surface area contributed by atoms with E-state index in [1.165, 1.54) is 0 Å². The number of hydrogen-bond acceptors (Lipinski definition) is 5. The highest BCUT2D eigenvalue weighted by atomic mass is 16.5. The predicted molar refractivity (Wildman–Crippen MR) is 92.1 cm³/mol. The average Bonchev–Trinajstić information content (AvgIpc) is 2.61. The van der Waals surface area contributed by atoms with Crippen LogP contribution in [0.1, 0.15) is 28.2 Å². The van der Waals surface area contributed by atoms with E-state index in [2.05, 4.69) is 4.98 Å². The number of anilines is 2. The van der Waals surface area contributed by atoms with Crippen LogP contribution >= 0.6 is 0 Å². The van der Waals surface area contributed by atoms with Gasteiger partial charge in [-0.3, -0.25) is 5.73 Å². The molecule has 0 bridgehead atoms. The molecule has 122 valence electrons. The Morgan fingerprint density at radius 1 is 1.12 bits per heavy atom. The highest BCUT2D eigenvalue weighted by Crippen LogP contribution is 2.49. The summed E-state index contributed by atoms with van der Waals surface area (Å²) in [5.74, 6) is 0.893. The molecule has 6 heteroatoms. The van der Waals surface area contributed by atoms with E-state index >= 15 is 0 Å². The molecule has 1 aromatic heterocycles. The second-order valence-electron chi connectivity index (χ2n) is 5.85. The van der Waals surface area contributed by atoms with Gasteiger partial charge in [0.05, 0.1) is 11.3 Å². The number of pyridine rings is 1. The lowest BCUT2D eigenvalue weighted by molar-refractivity contribution is -0.375. The summed E-state index contributed by atoms with van der Waals surface area (Å²) in [5, 5.41) is 19.2. The third-order valence-corrected chi connectivity index (χ3v) is 4.38. The number of nitrogens with two attached hydrogens (primary N) is 2. The molecule has 0 aliphatic carbocycles. The van der Waals surface area contributed by atoms with Gasteiger partial charge in [-0.25, -0.2) is 4.98 Å². The molecular weight excluding hydrogens is 316 g/mol. The molecule has 6 N–H and O–H groups in total. The van der Waals surface area contributed by atoms with Gasteiger partial charge >= 0.3 is 0 Å². The molecule has 0 fully saturated rings. The molecule has 0 saturated carbocycles. The van der Waals surface area contributed by atoms with E-state index in [0.29, 0.717) is 22.9 Å². The standard InChI is InChI=1S/C19H14N4O2/c20-9-13-17(21)16-15(10-4-2-1-3-5-10)12-7-6-11(24)8-14(12)25-19(16)23-18(13)22/h1-8,15,24H,(H4,21,22,23)/p+1/t15-/m0/s1. The van der Waals surface area contributed by atoms with E-state index in [-0.39, 0.29) is 23.0 Å². The number of nitrogens with zero attached hydrogens (tertiary/aromatic N) is 1. The first-order chi connectivity index (χ1) is 12.1. The van der Waals surface area contributed by atoms with Crippen LogP contribution in [0.5, 0.6) is 17.4 Å². The number of benzene rings is 2. The highest BCUT2D eigenvalue weighted by Gasteiger charge is 2.35. The van der Waals surface area contributed by atoms with Crippen molar-refractivity contribution in [3.63, 3.8) is 0 Å². The lowest BCUT2D eigenvalue weighted by Gasteiger charge is -2.28. The summed E-state index contributed by atoms with van der Waals surface area (Å²) in [7, 11) is 0. The van der Waals surface area contributed by atoms with Crippen LogP contribution in [0.2, 0.25) is 0 Å². The maximum absolute atomic E-state index is 9.80. The Balaban J connectivity index is 2.05. The molecule has 4 rings (SSSR count). The molecule has 6 nitrogen and oxygen atoms in total. The van der Waals surface area contributed by atoms with Crippen LogP contribution in [-0.2, 0) is 0 Å². The van der Waals surface area contributed by atoms with Gasteiger partial charge in [-0.15, -0.1) is 0 Å². The average molecular weight is 331 g/mol. The molecule has 2 aromatic carbocycles. The molecule has 0 saturated heterocycles. The zero-order valence-corrected chi connectivity index (χ0v) is 13.2. The Morgan fingerprint density at radius 2 is 1.88 bits per heavy atom. The normalized spacial score (nSPS) is 14.8. The number of aromatic amines is 1. The van der Waals surface area contributed by atoms with Crippen molar-refractivity contribution in [2.75, 3.05) is 11.5 Å².